The van der Waals surface area contributed by atoms with E-state index in [-0.39, 0.29) is 5.82 Å². The lowest BCUT2D eigenvalue weighted by Crippen LogP contribution is -2.39. The van der Waals surface area contributed by atoms with Crippen LogP contribution in [0.2, 0.25) is 0 Å². The molecule has 10 heteroatoms. The van der Waals surface area contributed by atoms with E-state index in [0.717, 1.165) is 16.3 Å². The van der Waals surface area contributed by atoms with Crippen molar-refractivity contribution in [2.24, 2.45) is 0 Å². The van der Waals surface area contributed by atoms with Gasteiger partial charge in [-0.25, -0.2) is 14.0 Å². The normalized spacial score (nSPS) is 12.6. The molecule has 164 valence electrons. The first-order valence-corrected chi connectivity index (χ1v) is 9.53. The molecule has 2 unspecified atom stereocenters. The first kappa shape index (κ1) is 25.4. The van der Waals surface area contributed by atoms with Crippen LogP contribution in [0.25, 0.3) is 0 Å². The zero-order chi connectivity index (χ0) is 23.0. The molecule has 0 fully saturated rings. The Morgan fingerprint density at radius 2 is 1.60 bits per heavy atom. The summed E-state index contributed by atoms with van der Waals surface area (Å²) in [6, 6.07) is 11.3. The number of nitrogens with zero attached hydrogens (tertiary/aromatic N) is 1. The van der Waals surface area contributed by atoms with Crippen molar-refractivity contribution in [3.05, 3.63) is 53.3 Å². The molecule has 8 nitrogen and oxygen atoms in total. The first-order valence-electron chi connectivity index (χ1n) is 8.71. The number of aliphatic carboxylic acids is 2. The summed E-state index contributed by atoms with van der Waals surface area (Å²) in [6.07, 6.45) is -4.53. The maximum Gasteiger partial charge on any atom is 0.335 e. The van der Waals surface area contributed by atoms with Gasteiger partial charge in [0.25, 0.3) is 0 Å². The Kier molecular flexibility index (Phi) is 9.73. The van der Waals surface area contributed by atoms with Gasteiger partial charge in [0.15, 0.2) is 12.2 Å². The summed E-state index contributed by atoms with van der Waals surface area (Å²) in [5.74, 6) is -3.75. The minimum atomic E-state index is -2.27. The number of rotatable bonds is 7. The van der Waals surface area contributed by atoms with Gasteiger partial charge in [0.2, 0.25) is 0 Å². The Hall–Kier alpha value is -2.66. The smallest absolute Gasteiger partial charge is 0.335 e. The van der Waals surface area contributed by atoms with Gasteiger partial charge in [0.1, 0.15) is 5.82 Å². The molecule has 0 aromatic heterocycles. The minimum absolute atomic E-state index is 0.216. The summed E-state index contributed by atoms with van der Waals surface area (Å²) in [5.41, 5.74) is 8.40. The zero-order valence-corrected chi connectivity index (χ0v) is 17.6. The SMILES string of the molecule is Cc1cc(N)c(Sc2ccccc2CN(C)C)cc1F.O=C(O)C(O)C(O)C(=O)O. The molecule has 2 aromatic rings. The second-order valence-corrected chi connectivity index (χ2v) is 7.74. The summed E-state index contributed by atoms with van der Waals surface area (Å²) in [4.78, 5) is 23.5. The molecule has 0 aliphatic heterocycles. The summed E-state index contributed by atoms with van der Waals surface area (Å²) < 4.78 is 13.7. The number of aryl methyl sites for hydroxylation is 1. The van der Waals surface area contributed by atoms with Gasteiger partial charge in [-0.1, -0.05) is 30.0 Å². The number of aliphatic hydroxyl groups excluding tert-OH is 2. The molecule has 6 N–H and O–H groups in total. The van der Waals surface area contributed by atoms with Gasteiger partial charge in [0.05, 0.1) is 0 Å². The Morgan fingerprint density at radius 3 is 2.10 bits per heavy atom. The molecule has 0 bridgehead atoms. The van der Waals surface area contributed by atoms with E-state index in [1.807, 2.05) is 32.3 Å². The topological polar surface area (TPSA) is 144 Å². The Morgan fingerprint density at radius 1 is 1.07 bits per heavy atom. The molecular weight excluding hydrogens is 415 g/mol. The van der Waals surface area contributed by atoms with Crippen LogP contribution >= 0.6 is 11.8 Å². The van der Waals surface area contributed by atoms with Crippen LogP contribution in [0.3, 0.4) is 0 Å². The number of carbonyl (C=O) groups is 2. The lowest BCUT2D eigenvalue weighted by Gasteiger charge is -2.14. The number of carboxylic acid groups (broad SMARTS) is 2. The molecule has 0 saturated carbocycles. The fourth-order valence-electron chi connectivity index (χ4n) is 2.24. The molecular formula is C20H25FN2O6S. The van der Waals surface area contributed by atoms with Gasteiger partial charge in [0, 0.05) is 22.0 Å². The number of nitrogens with two attached hydrogens (primary N) is 1. The maximum absolute atomic E-state index is 13.7. The maximum atomic E-state index is 13.7. The van der Waals surface area contributed by atoms with Crippen molar-refractivity contribution >= 4 is 29.4 Å². The van der Waals surface area contributed by atoms with Crippen molar-refractivity contribution in [3.63, 3.8) is 0 Å². The average Bonchev–Trinajstić information content (AvgIpc) is 2.66. The number of halogens is 1. The molecule has 0 aliphatic carbocycles. The monoisotopic (exact) mass is 440 g/mol. The van der Waals surface area contributed by atoms with Crippen molar-refractivity contribution in [3.8, 4) is 0 Å². The van der Waals surface area contributed by atoms with Crippen molar-refractivity contribution in [2.45, 2.75) is 35.5 Å². The van der Waals surface area contributed by atoms with Gasteiger partial charge in [-0.3, -0.25) is 0 Å². The number of carboxylic acids is 2. The standard InChI is InChI=1S/C16H19FN2S.C4H6O6/c1-11-8-14(18)16(9-13(11)17)20-15-7-5-4-6-12(15)10-19(2)3;5-1(3(7)8)2(6)4(9)10/h4-9H,10,18H2,1-3H3;1-2,5-6H,(H,7,8)(H,9,10). The summed E-state index contributed by atoms with van der Waals surface area (Å²) in [7, 11) is 4.06. The van der Waals surface area contributed by atoms with Gasteiger partial charge in [-0.2, -0.15) is 0 Å². The first-order chi connectivity index (χ1) is 13.9. The molecule has 0 aliphatic rings. The zero-order valence-electron chi connectivity index (χ0n) is 16.7. The van der Waals surface area contributed by atoms with Gasteiger partial charge in [-0.05, 0) is 50.3 Å². The number of aliphatic hydroxyl groups is 2. The summed E-state index contributed by atoms with van der Waals surface area (Å²) >= 11 is 1.51. The van der Waals surface area contributed by atoms with Crippen LogP contribution < -0.4 is 5.73 Å². The Balaban J connectivity index is 0.000000382. The Labute approximate surface area is 177 Å². The van der Waals surface area contributed by atoms with Crippen LogP contribution in [0.15, 0.2) is 46.2 Å². The number of nitrogen functional groups attached to an aromatic ring is 1. The summed E-state index contributed by atoms with van der Waals surface area (Å²) in [5, 5.41) is 32.5. The van der Waals surface area contributed by atoms with Gasteiger partial charge < -0.3 is 31.1 Å². The van der Waals surface area contributed by atoms with Gasteiger partial charge in [-0.15, -0.1) is 0 Å². The highest BCUT2D eigenvalue weighted by Gasteiger charge is 2.29. The number of anilines is 1. The van der Waals surface area contributed by atoms with Crippen molar-refractivity contribution in [1.29, 1.82) is 0 Å². The third-order valence-electron chi connectivity index (χ3n) is 3.78. The predicted molar refractivity (Wildman–Crippen MR) is 111 cm³/mol. The van der Waals surface area contributed by atoms with E-state index in [4.69, 9.17) is 26.2 Å². The quantitative estimate of drug-likeness (QED) is 0.407. The molecule has 0 amide bonds. The van der Waals surface area contributed by atoms with E-state index < -0.39 is 24.1 Å². The van der Waals surface area contributed by atoms with Crippen LogP contribution in [-0.2, 0) is 16.1 Å². The van der Waals surface area contributed by atoms with E-state index >= 15 is 0 Å². The number of benzene rings is 2. The number of hydrogen-bond donors (Lipinski definition) is 5. The molecule has 2 aromatic carbocycles. The van der Waals surface area contributed by atoms with E-state index in [9.17, 15) is 14.0 Å². The molecule has 2 atom stereocenters. The molecule has 0 radical (unpaired) electrons. The van der Waals surface area contributed by atoms with E-state index in [1.54, 1.807) is 13.0 Å². The summed E-state index contributed by atoms with van der Waals surface area (Å²) in [6.45, 7) is 2.57. The second kappa shape index (κ2) is 11.5. The third-order valence-corrected chi connectivity index (χ3v) is 4.97. The third kappa shape index (κ3) is 7.64. The van der Waals surface area contributed by atoms with Crippen molar-refractivity contribution < 1.29 is 34.4 Å². The van der Waals surface area contributed by atoms with E-state index in [1.165, 1.54) is 23.4 Å². The molecule has 0 saturated heterocycles. The highest BCUT2D eigenvalue weighted by atomic mass is 32.2. The van der Waals surface area contributed by atoms with Gasteiger partial charge >= 0.3 is 11.9 Å². The lowest BCUT2D eigenvalue weighted by atomic mass is 10.2. The fraction of sp³-hybridized carbons (Fsp3) is 0.300. The molecule has 0 spiro atoms. The Bertz CT molecular complexity index is 876. The highest BCUT2D eigenvalue weighted by molar-refractivity contribution is 7.99. The number of hydrogen-bond acceptors (Lipinski definition) is 7. The molecule has 0 heterocycles. The van der Waals surface area contributed by atoms with Crippen LogP contribution in [0.4, 0.5) is 10.1 Å². The van der Waals surface area contributed by atoms with E-state index in [2.05, 4.69) is 11.0 Å². The van der Waals surface area contributed by atoms with Crippen molar-refractivity contribution in [2.75, 3.05) is 19.8 Å². The van der Waals surface area contributed by atoms with Crippen LogP contribution in [0, 0.1) is 12.7 Å². The lowest BCUT2D eigenvalue weighted by molar-refractivity contribution is -0.165. The average molecular weight is 440 g/mol. The van der Waals surface area contributed by atoms with Crippen LogP contribution in [0.1, 0.15) is 11.1 Å². The highest BCUT2D eigenvalue weighted by Crippen LogP contribution is 2.35. The van der Waals surface area contributed by atoms with Crippen molar-refractivity contribution in [1.82, 2.24) is 4.90 Å². The van der Waals surface area contributed by atoms with Crippen LogP contribution in [0.5, 0.6) is 0 Å². The van der Waals surface area contributed by atoms with E-state index in [0.29, 0.717) is 11.3 Å². The van der Waals surface area contributed by atoms with Crippen LogP contribution in [-0.4, -0.2) is 63.6 Å². The fourth-order valence-corrected chi connectivity index (χ4v) is 3.22. The molecule has 30 heavy (non-hydrogen) atoms. The second-order valence-electron chi connectivity index (χ2n) is 6.65. The minimum Gasteiger partial charge on any atom is -0.479 e. The molecule has 2 rings (SSSR count). The largest absolute Gasteiger partial charge is 0.479 e. The predicted octanol–water partition coefficient (Wildman–Crippen LogP) is 1.81.